The Hall–Kier alpha value is -3.13. The third-order valence-corrected chi connectivity index (χ3v) is 4.28. The maximum absolute atomic E-state index is 11.4. The minimum Gasteiger partial charge on any atom is -0.508 e. The molecule has 0 amide bonds. The fraction of sp³-hybridized carbons (Fsp3) is 0.235. The summed E-state index contributed by atoms with van der Waals surface area (Å²) in [5.74, 6) is -2.72. The van der Waals surface area contributed by atoms with E-state index >= 15 is 0 Å². The van der Waals surface area contributed by atoms with Gasteiger partial charge >= 0.3 is 5.97 Å². The number of carboxylic acids is 1. The predicted molar refractivity (Wildman–Crippen MR) is 83.8 cm³/mol. The predicted octanol–water partition coefficient (Wildman–Crippen LogP) is 1.17. The van der Waals surface area contributed by atoms with Crippen molar-refractivity contribution in [2.75, 3.05) is 0 Å². The molecule has 25 heavy (non-hydrogen) atoms. The number of aliphatic hydroxyl groups excluding tert-OH is 1. The van der Waals surface area contributed by atoms with E-state index in [-0.39, 0.29) is 34.8 Å². The van der Waals surface area contributed by atoms with Gasteiger partial charge in [-0.15, -0.1) is 0 Å². The molecule has 1 aliphatic rings. The number of ether oxygens (including phenoxy) is 1. The molecule has 0 fully saturated rings. The summed E-state index contributed by atoms with van der Waals surface area (Å²) in [6.07, 6.45) is -2.14. The number of phenolic OH excluding ortho intramolecular Hbond substituents is 4. The normalized spacial score (nSPS) is 22.0. The second kappa shape index (κ2) is 5.75. The number of fused-ring (bicyclic) bond motifs is 1. The number of aliphatic carboxylic acids is 1. The Bertz CT molecular complexity index is 847. The molecule has 0 saturated carbocycles. The Morgan fingerprint density at radius 2 is 1.80 bits per heavy atom. The van der Waals surface area contributed by atoms with Crippen LogP contribution >= 0.6 is 0 Å². The number of aliphatic hydroxyl groups is 1. The van der Waals surface area contributed by atoms with E-state index in [0.29, 0.717) is 0 Å². The number of carboxylic acid groups (broad SMARTS) is 1. The van der Waals surface area contributed by atoms with E-state index in [9.17, 15) is 35.4 Å². The number of rotatable bonds is 3. The summed E-state index contributed by atoms with van der Waals surface area (Å²) >= 11 is 0. The van der Waals surface area contributed by atoms with E-state index in [4.69, 9.17) is 4.74 Å². The first-order chi connectivity index (χ1) is 11.7. The smallest absolute Gasteiger partial charge is 0.307 e. The number of carbonyl (C=O) groups is 1. The van der Waals surface area contributed by atoms with E-state index in [1.165, 1.54) is 12.1 Å². The average molecular weight is 348 g/mol. The van der Waals surface area contributed by atoms with Gasteiger partial charge in [0.2, 0.25) is 0 Å². The van der Waals surface area contributed by atoms with Crippen LogP contribution in [0.2, 0.25) is 0 Å². The summed E-state index contributed by atoms with van der Waals surface area (Å²) < 4.78 is 5.74. The monoisotopic (exact) mass is 348 g/mol. The van der Waals surface area contributed by atoms with Crippen molar-refractivity contribution in [1.29, 1.82) is 0 Å². The van der Waals surface area contributed by atoms with Gasteiger partial charge in [-0.1, -0.05) is 6.07 Å². The molecule has 2 atom stereocenters. The van der Waals surface area contributed by atoms with E-state index in [1.807, 2.05) is 0 Å². The molecule has 0 spiro atoms. The van der Waals surface area contributed by atoms with E-state index < -0.39 is 35.6 Å². The van der Waals surface area contributed by atoms with Crippen molar-refractivity contribution in [3.63, 3.8) is 0 Å². The Morgan fingerprint density at radius 3 is 2.44 bits per heavy atom. The fourth-order valence-electron chi connectivity index (χ4n) is 3.05. The lowest BCUT2D eigenvalue weighted by Crippen LogP contribution is -2.50. The van der Waals surface area contributed by atoms with Gasteiger partial charge in [0.25, 0.3) is 0 Å². The van der Waals surface area contributed by atoms with Gasteiger partial charge in [0.15, 0.2) is 17.1 Å². The van der Waals surface area contributed by atoms with Crippen molar-refractivity contribution < 1.29 is 40.2 Å². The molecule has 0 aromatic heterocycles. The quantitative estimate of drug-likeness (QED) is 0.453. The Labute approximate surface area is 141 Å². The summed E-state index contributed by atoms with van der Waals surface area (Å²) in [5.41, 5.74) is -1.41. The highest BCUT2D eigenvalue weighted by molar-refractivity contribution is 5.70. The lowest BCUT2D eigenvalue weighted by molar-refractivity contribution is -0.149. The molecule has 1 heterocycles. The van der Waals surface area contributed by atoms with Crippen molar-refractivity contribution in [2.45, 2.75) is 24.5 Å². The molecule has 3 rings (SSSR count). The van der Waals surface area contributed by atoms with Crippen LogP contribution in [0.4, 0.5) is 0 Å². The Balaban J connectivity index is 2.18. The van der Waals surface area contributed by atoms with Gasteiger partial charge in [0, 0.05) is 29.7 Å². The molecule has 2 unspecified atom stereocenters. The van der Waals surface area contributed by atoms with Crippen LogP contribution in [0.5, 0.6) is 28.7 Å². The zero-order chi connectivity index (χ0) is 18.4. The minimum absolute atomic E-state index is 0.0246. The molecule has 0 aliphatic carbocycles. The molecule has 0 bridgehead atoms. The van der Waals surface area contributed by atoms with Crippen LogP contribution in [0.15, 0.2) is 30.3 Å². The van der Waals surface area contributed by atoms with Crippen molar-refractivity contribution in [3.8, 4) is 28.7 Å². The first-order valence-corrected chi connectivity index (χ1v) is 7.39. The lowest BCUT2D eigenvalue weighted by Gasteiger charge is -2.42. The summed E-state index contributed by atoms with van der Waals surface area (Å²) in [5, 5.41) is 58.7. The van der Waals surface area contributed by atoms with Crippen molar-refractivity contribution in [2.24, 2.45) is 0 Å². The van der Waals surface area contributed by atoms with Gasteiger partial charge in [0.05, 0.1) is 6.42 Å². The molecule has 2 aromatic carbocycles. The molecular weight excluding hydrogens is 332 g/mol. The van der Waals surface area contributed by atoms with Crippen LogP contribution in [0.25, 0.3) is 0 Å². The minimum atomic E-state index is -1.77. The number of hydrogen-bond donors (Lipinski definition) is 6. The number of aromatic hydroxyl groups is 4. The standard InChI is InChI=1S/C17H16O8/c18-9-4-12(20)10-6-15(22)17(7-16(23)24,25-14(10)5-9)8-1-2-11(19)13(21)3-8/h1-5,15,18-22H,6-7H2,(H,23,24). The van der Waals surface area contributed by atoms with E-state index in [1.54, 1.807) is 0 Å². The highest BCUT2D eigenvalue weighted by Gasteiger charge is 2.48. The largest absolute Gasteiger partial charge is 0.508 e. The topological polar surface area (TPSA) is 148 Å². The fourth-order valence-corrected chi connectivity index (χ4v) is 3.05. The third kappa shape index (κ3) is 2.76. The Kier molecular flexibility index (Phi) is 3.84. The molecule has 0 radical (unpaired) electrons. The van der Waals surface area contributed by atoms with Gasteiger partial charge in [-0.2, -0.15) is 0 Å². The first kappa shape index (κ1) is 16.7. The average Bonchev–Trinajstić information content (AvgIpc) is 2.51. The molecule has 1 aliphatic heterocycles. The van der Waals surface area contributed by atoms with E-state index in [2.05, 4.69) is 0 Å². The second-order valence-corrected chi connectivity index (χ2v) is 5.93. The van der Waals surface area contributed by atoms with E-state index in [0.717, 1.165) is 18.2 Å². The lowest BCUT2D eigenvalue weighted by atomic mass is 9.79. The highest BCUT2D eigenvalue weighted by atomic mass is 16.5. The molecular formula is C17H16O8. The van der Waals surface area contributed by atoms with Crippen LogP contribution in [0.3, 0.4) is 0 Å². The van der Waals surface area contributed by atoms with Crippen molar-refractivity contribution in [3.05, 3.63) is 41.5 Å². The number of hydrogen-bond acceptors (Lipinski definition) is 7. The highest BCUT2D eigenvalue weighted by Crippen LogP contribution is 2.47. The van der Waals surface area contributed by atoms with Gasteiger partial charge in [-0.25, -0.2) is 0 Å². The van der Waals surface area contributed by atoms with Gasteiger partial charge < -0.3 is 35.4 Å². The van der Waals surface area contributed by atoms with Crippen molar-refractivity contribution in [1.82, 2.24) is 0 Å². The van der Waals surface area contributed by atoms with Crippen LogP contribution in [0, 0.1) is 0 Å². The maximum atomic E-state index is 11.4. The maximum Gasteiger partial charge on any atom is 0.307 e. The molecule has 0 saturated heterocycles. The second-order valence-electron chi connectivity index (χ2n) is 5.93. The van der Waals surface area contributed by atoms with Gasteiger partial charge in [0.1, 0.15) is 23.4 Å². The van der Waals surface area contributed by atoms with Crippen LogP contribution in [-0.2, 0) is 16.8 Å². The summed E-state index contributed by atoms with van der Waals surface area (Å²) in [4.78, 5) is 11.4. The number of benzene rings is 2. The van der Waals surface area contributed by atoms with Crippen LogP contribution in [-0.4, -0.2) is 42.7 Å². The summed E-state index contributed by atoms with van der Waals surface area (Å²) in [6, 6.07) is 5.88. The van der Waals surface area contributed by atoms with Crippen LogP contribution in [0.1, 0.15) is 17.5 Å². The summed E-state index contributed by atoms with van der Waals surface area (Å²) in [7, 11) is 0. The SMILES string of the molecule is O=C(O)CC1(c2ccc(O)c(O)c2)Oc2cc(O)cc(O)c2CC1O. The molecule has 132 valence electrons. The summed E-state index contributed by atoms with van der Waals surface area (Å²) in [6.45, 7) is 0. The molecule has 2 aromatic rings. The zero-order valence-electron chi connectivity index (χ0n) is 12.9. The third-order valence-electron chi connectivity index (χ3n) is 4.28. The van der Waals surface area contributed by atoms with Crippen LogP contribution < -0.4 is 4.74 Å². The number of phenols is 4. The molecule has 8 nitrogen and oxygen atoms in total. The van der Waals surface area contributed by atoms with Gasteiger partial charge in [-0.3, -0.25) is 4.79 Å². The zero-order valence-corrected chi connectivity index (χ0v) is 12.9. The van der Waals surface area contributed by atoms with Crippen molar-refractivity contribution >= 4 is 5.97 Å². The Morgan fingerprint density at radius 1 is 1.08 bits per heavy atom. The first-order valence-electron chi connectivity index (χ1n) is 7.39. The van der Waals surface area contributed by atoms with Gasteiger partial charge in [-0.05, 0) is 12.1 Å². The molecule has 6 N–H and O–H groups in total. The molecule has 8 heteroatoms.